The maximum Gasteiger partial charge on any atom is 0.346 e. The summed E-state index contributed by atoms with van der Waals surface area (Å²) >= 11 is 5.79. The Morgan fingerprint density at radius 1 is 1.38 bits per heavy atom. The van der Waals surface area contributed by atoms with Gasteiger partial charge in [-0.05, 0) is 38.5 Å². The Kier molecular flexibility index (Phi) is 4.33. The number of rotatable bonds is 3. The minimum Gasteiger partial charge on any atom is -0.297 e. The first kappa shape index (κ1) is 13.0. The maximum atomic E-state index is 11.4. The van der Waals surface area contributed by atoms with Crippen molar-refractivity contribution in [2.75, 3.05) is 0 Å². The van der Waals surface area contributed by atoms with Gasteiger partial charge in [-0.15, -0.1) is 0 Å². The Morgan fingerprint density at radius 3 is 2.62 bits per heavy atom. The van der Waals surface area contributed by atoms with Gasteiger partial charge in [0.1, 0.15) is 5.60 Å². The Labute approximate surface area is 100 Å². The first-order valence-corrected chi connectivity index (χ1v) is 5.37. The molecule has 16 heavy (non-hydrogen) atoms. The summed E-state index contributed by atoms with van der Waals surface area (Å²) in [6.45, 7) is 5.42. The lowest BCUT2D eigenvalue weighted by Crippen LogP contribution is -2.22. The van der Waals surface area contributed by atoms with Crippen LogP contribution in [0.2, 0.25) is 5.02 Å². The van der Waals surface area contributed by atoms with E-state index < -0.39 is 11.6 Å². The zero-order chi connectivity index (χ0) is 12.2. The van der Waals surface area contributed by atoms with Crippen LogP contribution in [0.3, 0.4) is 0 Å². The molecule has 1 aromatic rings. The van der Waals surface area contributed by atoms with E-state index in [9.17, 15) is 4.79 Å². The highest BCUT2D eigenvalue weighted by Crippen LogP contribution is 2.12. The summed E-state index contributed by atoms with van der Waals surface area (Å²) in [6.07, 6.45) is 0.149. The van der Waals surface area contributed by atoms with Crippen LogP contribution in [0.5, 0.6) is 0 Å². The molecule has 0 aliphatic carbocycles. The summed E-state index contributed by atoms with van der Waals surface area (Å²) in [5.74, 6) is -0.433. The predicted octanol–water partition coefficient (Wildman–Crippen LogP) is 3.16. The highest BCUT2D eigenvalue weighted by atomic mass is 35.5. The molecule has 88 valence electrons. The van der Waals surface area contributed by atoms with Crippen LogP contribution in [0.4, 0.5) is 0 Å². The van der Waals surface area contributed by atoms with E-state index in [4.69, 9.17) is 16.5 Å². The van der Waals surface area contributed by atoms with Crippen molar-refractivity contribution in [2.24, 2.45) is 0 Å². The molecule has 4 heteroatoms. The van der Waals surface area contributed by atoms with Crippen LogP contribution in [0.15, 0.2) is 24.3 Å². The summed E-state index contributed by atoms with van der Waals surface area (Å²) in [5, 5.41) is 0.599. The Morgan fingerprint density at radius 2 is 2.06 bits per heavy atom. The van der Waals surface area contributed by atoms with Crippen molar-refractivity contribution in [2.45, 2.75) is 32.8 Å². The molecule has 0 saturated heterocycles. The molecule has 0 saturated carbocycles. The van der Waals surface area contributed by atoms with Gasteiger partial charge in [0, 0.05) is 5.02 Å². The molecule has 0 amide bonds. The van der Waals surface area contributed by atoms with E-state index in [0.29, 0.717) is 5.02 Å². The fourth-order valence-corrected chi connectivity index (χ4v) is 1.23. The van der Waals surface area contributed by atoms with Gasteiger partial charge in [-0.3, -0.25) is 4.89 Å². The van der Waals surface area contributed by atoms with Gasteiger partial charge in [0.2, 0.25) is 0 Å². The van der Waals surface area contributed by atoms with Gasteiger partial charge in [0.15, 0.2) is 0 Å². The normalized spacial score (nSPS) is 11.2. The van der Waals surface area contributed by atoms with Crippen LogP contribution in [0, 0.1) is 0 Å². The Balaban J connectivity index is 2.46. The van der Waals surface area contributed by atoms with Crippen LogP contribution in [0.25, 0.3) is 0 Å². The summed E-state index contributed by atoms with van der Waals surface area (Å²) in [7, 11) is 0. The molecular weight excluding hydrogens is 228 g/mol. The summed E-state index contributed by atoms with van der Waals surface area (Å²) in [4.78, 5) is 21.0. The minimum absolute atomic E-state index is 0.149. The molecule has 0 N–H and O–H groups in total. The number of hydrogen-bond acceptors (Lipinski definition) is 3. The predicted molar refractivity (Wildman–Crippen MR) is 62.1 cm³/mol. The lowest BCUT2D eigenvalue weighted by Gasteiger charge is -2.16. The van der Waals surface area contributed by atoms with E-state index in [1.807, 2.05) is 6.07 Å². The SMILES string of the molecule is CC(C)(C)OOC(=O)Cc1cccc(Cl)c1. The molecule has 1 aromatic carbocycles. The van der Waals surface area contributed by atoms with Crippen LogP contribution in [0.1, 0.15) is 26.3 Å². The summed E-state index contributed by atoms with van der Waals surface area (Å²) < 4.78 is 0. The quantitative estimate of drug-likeness (QED) is 0.603. The van der Waals surface area contributed by atoms with E-state index in [1.165, 1.54) is 0 Å². The van der Waals surface area contributed by atoms with Gasteiger partial charge in [-0.2, -0.15) is 4.89 Å². The number of benzene rings is 1. The number of carbonyl (C=O) groups excluding carboxylic acids is 1. The average molecular weight is 243 g/mol. The molecule has 0 aliphatic heterocycles. The van der Waals surface area contributed by atoms with Gasteiger partial charge in [-0.25, -0.2) is 4.79 Å². The monoisotopic (exact) mass is 242 g/mol. The minimum atomic E-state index is -0.496. The second-order valence-electron chi connectivity index (χ2n) is 4.46. The van der Waals surface area contributed by atoms with E-state index in [1.54, 1.807) is 39.0 Å². The van der Waals surface area contributed by atoms with Gasteiger partial charge in [-0.1, -0.05) is 23.7 Å². The molecule has 0 bridgehead atoms. The molecule has 0 fully saturated rings. The number of carbonyl (C=O) groups is 1. The van der Waals surface area contributed by atoms with Crippen molar-refractivity contribution < 1.29 is 14.6 Å². The van der Waals surface area contributed by atoms with Gasteiger partial charge < -0.3 is 0 Å². The molecule has 0 spiro atoms. The van der Waals surface area contributed by atoms with Gasteiger partial charge in [0.25, 0.3) is 0 Å². The van der Waals surface area contributed by atoms with Gasteiger partial charge in [0.05, 0.1) is 6.42 Å². The second kappa shape index (κ2) is 5.32. The van der Waals surface area contributed by atoms with Crippen LogP contribution >= 0.6 is 11.6 Å². The van der Waals surface area contributed by atoms with E-state index in [2.05, 4.69) is 4.89 Å². The molecule has 0 aliphatic rings. The molecule has 0 radical (unpaired) electrons. The third kappa shape index (κ3) is 5.14. The lowest BCUT2D eigenvalue weighted by molar-refractivity contribution is -0.320. The molecule has 0 heterocycles. The van der Waals surface area contributed by atoms with Crippen molar-refractivity contribution in [3.8, 4) is 0 Å². The van der Waals surface area contributed by atoms with E-state index in [0.717, 1.165) is 5.56 Å². The number of halogens is 1. The Bertz CT molecular complexity index is 369. The molecule has 0 aromatic heterocycles. The van der Waals surface area contributed by atoms with Gasteiger partial charge >= 0.3 is 5.97 Å². The largest absolute Gasteiger partial charge is 0.346 e. The van der Waals surface area contributed by atoms with Crippen molar-refractivity contribution in [3.63, 3.8) is 0 Å². The average Bonchev–Trinajstić information content (AvgIpc) is 2.14. The zero-order valence-corrected chi connectivity index (χ0v) is 10.4. The standard InChI is InChI=1S/C12H15ClO3/c1-12(2,3)16-15-11(14)8-9-5-4-6-10(13)7-9/h4-7H,8H2,1-3H3. The van der Waals surface area contributed by atoms with Crippen molar-refractivity contribution >= 4 is 17.6 Å². The molecule has 3 nitrogen and oxygen atoms in total. The third-order valence-electron chi connectivity index (χ3n) is 1.62. The topological polar surface area (TPSA) is 35.5 Å². The molecule has 0 atom stereocenters. The maximum absolute atomic E-state index is 11.4. The van der Waals surface area contributed by atoms with Crippen molar-refractivity contribution in [1.82, 2.24) is 0 Å². The van der Waals surface area contributed by atoms with Crippen molar-refractivity contribution in [1.29, 1.82) is 0 Å². The third-order valence-corrected chi connectivity index (χ3v) is 1.86. The van der Waals surface area contributed by atoms with E-state index in [-0.39, 0.29) is 6.42 Å². The van der Waals surface area contributed by atoms with Crippen molar-refractivity contribution in [3.05, 3.63) is 34.9 Å². The number of hydrogen-bond donors (Lipinski definition) is 0. The highest BCUT2D eigenvalue weighted by Gasteiger charge is 2.15. The fraction of sp³-hybridized carbons (Fsp3) is 0.417. The van der Waals surface area contributed by atoms with E-state index >= 15 is 0 Å². The summed E-state index contributed by atoms with van der Waals surface area (Å²) in [6, 6.07) is 7.07. The smallest absolute Gasteiger partial charge is 0.297 e. The molecule has 0 unspecified atom stereocenters. The Hall–Kier alpha value is -1.06. The first-order chi connectivity index (χ1) is 7.37. The van der Waals surface area contributed by atoms with Crippen LogP contribution < -0.4 is 0 Å². The molecule has 1 rings (SSSR count). The molecular formula is C12H15ClO3. The first-order valence-electron chi connectivity index (χ1n) is 5.00. The summed E-state index contributed by atoms with van der Waals surface area (Å²) in [5.41, 5.74) is 0.305. The second-order valence-corrected chi connectivity index (χ2v) is 4.89. The zero-order valence-electron chi connectivity index (χ0n) is 9.62. The fourth-order valence-electron chi connectivity index (χ4n) is 1.01. The highest BCUT2D eigenvalue weighted by molar-refractivity contribution is 6.30. The van der Waals surface area contributed by atoms with Crippen LogP contribution in [-0.4, -0.2) is 11.6 Å². The van der Waals surface area contributed by atoms with Crippen LogP contribution in [-0.2, 0) is 21.0 Å². The lowest BCUT2D eigenvalue weighted by atomic mass is 10.2.